The van der Waals surface area contributed by atoms with Crippen LogP contribution in [-0.2, 0) is 11.3 Å². The fourth-order valence-electron chi connectivity index (χ4n) is 3.33. The molecule has 33 heavy (non-hydrogen) atoms. The van der Waals surface area contributed by atoms with Gasteiger partial charge in [0, 0.05) is 17.8 Å². The number of thioether (sulfide) groups is 1. The molecule has 0 aliphatic carbocycles. The summed E-state index contributed by atoms with van der Waals surface area (Å²) in [6.07, 6.45) is 0. The summed E-state index contributed by atoms with van der Waals surface area (Å²) in [5, 5.41) is 12.2. The van der Waals surface area contributed by atoms with E-state index < -0.39 is 0 Å². The van der Waals surface area contributed by atoms with Crippen molar-refractivity contribution in [2.75, 3.05) is 7.11 Å². The summed E-state index contributed by atoms with van der Waals surface area (Å²) in [4.78, 5) is 12.8. The van der Waals surface area contributed by atoms with E-state index in [9.17, 15) is 4.79 Å². The Balaban J connectivity index is 1.53. The molecule has 0 fully saturated rings. The largest absolute Gasteiger partial charge is 0.497 e. The number of hydrogen-bond donors (Lipinski definition) is 1. The number of methoxy groups -OCH3 is 1. The van der Waals surface area contributed by atoms with E-state index in [-0.39, 0.29) is 11.2 Å². The van der Waals surface area contributed by atoms with Crippen molar-refractivity contribution in [2.24, 2.45) is 0 Å². The molecule has 3 aromatic carbocycles. The Hall–Kier alpha value is -3.58. The van der Waals surface area contributed by atoms with Gasteiger partial charge in [0.25, 0.3) is 0 Å². The molecule has 168 valence electrons. The molecular formula is C26H26N4O2S. The molecule has 0 radical (unpaired) electrons. The van der Waals surface area contributed by atoms with Gasteiger partial charge in [0.05, 0.1) is 12.4 Å². The number of carbonyl (C=O) groups excluding carboxylic acids is 1. The van der Waals surface area contributed by atoms with Crippen LogP contribution < -0.4 is 10.1 Å². The van der Waals surface area contributed by atoms with Crippen LogP contribution in [0.4, 0.5) is 0 Å². The zero-order valence-corrected chi connectivity index (χ0v) is 19.7. The quantitative estimate of drug-likeness (QED) is 0.374. The molecule has 1 N–H and O–H groups in total. The van der Waals surface area contributed by atoms with Crippen LogP contribution in [0.5, 0.6) is 5.75 Å². The molecular weight excluding hydrogens is 432 g/mol. The van der Waals surface area contributed by atoms with E-state index in [0.29, 0.717) is 11.7 Å². The second-order valence-electron chi connectivity index (χ2n) is 7.67. The number of ether oxygens (including phenoxy) is 1. The Kier molecular flexibility index (Phi) is 7.10. The number of nitrogens with zero attached hydrogens (tertiary/aromatic N) is 3. The summed E-state index contributed by atoms with van der Waals surface area (Å²) in [5.41, 5.74) is 4.11. The lowest BCUT2D eigenvalue weighted by molar-refractivity contribution is -0.120. The molecule has 0 saturated heterocycles. The first kappa shape index (κ1) is 22.6. The Morgan fingerprint density at radius 2 is 1.70 bits per heavy atom. The number of aromatic nitrogens is 3. The average Bonchev–Trinajstić information content (AvgIpc) is 3.27. The first-order valence-electron chi connectivity index (χ1n) is 10.7. The summed E-state index contributed by atoms with van der Waals surface area (Å²) in [5.74, 6) is 1.47. The van der Waals surface area contributed by atoms with Crippen LogP contribution in [0.3, 0.4) is 0 Å². The lowest BCUT2D eigenvalue weighted by atomic mass is 10.2. The van der Waals surface area contributed by atoms with Crippen molar-refractivity contribution in [1.29, 1.82) is 0 Å². The maximum atomic E-state index is 12.8. The lowest BCUT2D eigenvalue weighted by Crippen LogP contribution is -2.30. The second kappa shape index (κ2) is 10.4. The molecule has 0 aliphatic rings. The summed E-state index contributed by atoms with van der Waals surface area (Å²) in [7, 11) is 1.63. The fraction of sp³-hybridized carbons (Fsp3) is 0.192. The predicted octanol–water partition coefficient (Wildman–Crippen LogP) is 5.05. The van der Waals surface area contributed by atoms with E-state index >= 15 is 0 Å². The van der Waals surface area contributed by atoms with Crippen LogP contribution in [0.25, 0.3) is 17.1 Å². The maximum Gasteiger partial charge on any atom is 0.233 e. The minimum atomic E-state index is -0.347. The van der Waals surface area contributed by atoms with Crippen molar-refractivity contribution >= 4 is 17.7 Å². The number of rotatable bonds is 8. The van der Waals surface area contributed by atoms with Gasteiger partial charge in [-0.15, -0.1) is 10.2 Å². The molecule has 1 amide bonds. The molecule has 1 aromatic heterocycles. The van der Waals surface area contributed by atoms with Gasteiger partial charge in [-0.1, -0.05) is 71.9 Å². The molecule has 1 heterocycles. The number of aryl methyl sites for hydroxylation is 1. The van der Waals surface area contributed by atoms with Gasteiger partial charge in [-0.2, -0.15) is 0 Å². The SMILES string of the molecule is COc1ccc(CNC(=O)C(C)Sc2nnc(-c3ccccc3)n2-c2ccc(C)cc2)cc1. The van der Waals surface area contributed by atoms with Gasteiger partial charge in [0.2, 0.25) is 5.91 Å². The molecule has 4 aromatic rings. The zero-order valence-electron chi connectivity index (χ0n) is 18.9. The fourth-order valence-corrected chi connectivity index (χ4v) is 4.23. The molecule has 1 unspecified atom stereocenters. The van der Waals surface area contributed by atoms with E-state index in [4.69, 9.17) is 4.74 Å². The molecule has 0 aliphatic heterocycles. The van der Waals surface area contributed by atoms with E-state index in [2.05, 4.69) is 34.6 Å². The monoisotopic (exact) mass is 458 g/mol. The molecule has 4 rings (SSSR count). The first-order valence-corrected chi connectivity index (χ1v) is 11.6. The van der Waals surface area contributed by atoms with Crippen LogP contribution in [0, 0.1) is 6.92 Å². The highest BCUT2D eigenvalue weighted by atomic mass is 32.2. The minimum absolute atomic E-state index is 0.0597. The number of benzene rings is 3. The van der Waals surface area contributed by atoms with Crippen LogP contribution in [-0.4, -0.2) is 33.0 Å². The molecule has 7 heteroatoms. The number of carbonyl (C=O) groups is 1. The van der Waals surface area contributed by atoms with Crippen LogP contribution in [0.1, 0.15) is 18.1 Å². The van der Waals surface area contributed by atoms with Crippen molar-refractivity contribution in [3.05, 3.63) is 90.0 Å². The Bertz CT molecular complexity index is 1210. The van der Waals surface area contributed by atoms with Crippen molar-refractivity contribution < 1.29 is 9.53 Å². The van der Waals surface area contributed by atoms with Crippen molar-refractivity contribution in [3.63, 3.8) is 0 Å². The topological polar surface area (TPSA) is 69.0 Å². The van der Waals surface area contributed by atoms with Crippen molar-refractivity contribution in [1.82, 2.24) is 20.1 Å². The molecule has 0 spiro atoms. The highest BCUT2D eigenvalue weighted by Crippen LogP contribution is 2.30. The third kappa shape index (κ3) is 5.43. The Labute approximate surface area is 198 Å². The van der Waals surface area contributed by atoms with Gasteiger partial charge in [-0.05, 0) is 43.7 Å². The summed E-state index contributed by atoms with van der Waals surface area (Å²) < 4.78 is 7.19. The van der Waals surface area contributed by atoms with Gasteiger partial charge in [-0.25, -0.2) is 0 Å². The standard InChI is InChI=1S/C26H26N4O2S/c1-18-9-13-22(14-10-18)30-24(21-7-5-4-6-8-21)28-29-26(30)33-19(2)25(31)27-17-20-11-15-23(32-3)16-12-20/h4-16,19H,17H2,1-3H3,(H,27,31). The zero-order chi connectivity index (χ0) is 23.2. The Morgan fingerprint density at radius 3 is 2.36 bits per heavy atom. The first-order chi connectivity index (χ1) is 16.0. The number of hydrogen-bond acceptors (Lipinski definition) is 5. The van der Waals surface area contributed by atoms with Gasteiger partial charge < -0.3 is 10.1 Å². The van der Waals surface area contributed by atoms with Gasteiger partial charge in [0.15, 0.2) is 11.0 Å². The van der Waals surface area contributed by atoms with Gasteiger partial charge in [0.1, 0.15) is 5.75 Å². The predicted molar refractivity (Wildman–Crippen MR) is 132 cm³/mol. The van der Waals surface area contributed by atoms with E-state index in [1.165, 1.54) is 17.3 Å². The third-order valence-electron chi connectivity index (χ3n) is 5.23. The van der Waals surface area contributed by atoms with Crippen molar-refractivity contribution in [2.45, 2.75) is 30.8 Å². The Morgan fingerprint density at radius 1 is 1.00 bits per heavy atom. The molecule has 0 saturated carbocycles. The highest BCUT2D eigenvalue weighted by molar-refractivity contribution is 8.00. The molecule has 6 nitrogen and oxygen atoms in total. The van der Waals surface area contributed by atoms with Crippen molar-refractivity contribution in [3.8, 4) is 22.8 Å². The highest BCUT2D eigenvalue weighted by Gasteiger charge is 2.21. The van der Waals surface area contributed by atoms with E-state index in [1.54, 1.807) is 7.11 Å². The maximum absolute atomic E-state index is 12.8. The second-order valence-corrected chi connectivity index (χ2v) is 8.98. The van der Waals surface area contributed by atoms with Gasteiger partial charge in [-0.3, -0.25) is 9.36 Å². The summed E-state index contributed by atoms with van der Waals surface area (Å²) >= 11 is 1.39. The summed E-state index contributed by atoms with van der Waals surface area (Å²) in [6, 6.07) is 25.8. The van der Waals surface area contributed by atoms with Crippen LogP contribution in [0.15, 0.2) is 84.0 Å². The smallest absolute Gasteiger partial charge is 0.233 e. The minimum Gasteiger partial charge on any atom is -0.497 e. The van der Waals surface area contributed by atoms with Crippen LogP contribution in [0.2, 0.25) is 0 Å². The number of nitrogens with one attached hydrogen (secondary N) is 1. The summed E-state index contributed by atoms with van der Waals surface area (Å²) in [6.45, 7) is 4.39. The van der Waals surface area contributed by atoms with Gasteiger partial charge >= 0.3 is 0 Å². The van der Waals surface area contributed by atoms with Crippen LogP contribution >= 0.6 is 11.8 Å². The normalized spacial score (nSPS) is 11.7. The lowest BCUT2D eigenvalue weighted by Gasteiger charge is -2.14. The van der Waals surface area contributed by atoms with E-state index in [0.717, 1.165) is 28.4 Å². The average molecular weight is 459 g/mol. The number of amides is 1. The van der Waals surface area contributed by atoms with E-state index in [1.807, 2.05) is 78.2 Å². The molecule has 1 atom stereocenters. The molecule has 0 bridgehead atoms. The third-order valence-corrected chi connectivity index (χ3v) is 6.28.